The third-order valence-electron chi connectivity index (χ3n) is 1.16. The zero-order chi connectivity index (χ0) is 9.94. The van der Waals surface area contributed by atoms with Gasteiger partial charge in [0.1, 0.15) is 6.61 Å². The monoisotopic (exact) mass is 182 g/mol. The van der Waals surface area contributed by atoms with Gasteiger partial charge in [-0.15, -0.1) is 0 Å². The fourth-order valence-electron chi connectivity index (χ4n) is 0.704. The molecule has 1 aromatic rings. The molecule has 0 heterocycles. The molecule has 0 aliphatic carbocycles. The Bertz CT molecular complexity index is 233. The highest BCUT2D eigenvalue weighted by molar-refractivity contribution is 5.37. The van der Waals surface area contributed by atoms with E-state index in [2.05, 4.69) is 4.74 Å². The standard InChI is InChI=1S/C8H8O2.CH2O2/c9-7-10-6-8-4-2-1-3-5-8;2-1-3/h1-5,7H,6H2;1H,(H,2,3). The maximum absolute atomic E-state index is 9.76. The Labute approximate surface area is 75.8 Å². The highest BCUT2D eigenvalue weighted by Crippen LogP contribution is 1.98. The summed E-state index contributed by atoms with van der Waals surface area (Å²) >= 11 is 0. The molecule has 1 N–H and O–H groups in total. The number of ether oxygens (including phenoxy) is 1. The number of rotatable bonds is 3. The summed E-state index contributed by atoms with van der Waals surface area (Å²) in [4.78, 5) is 18.1. The second kappa shape index (κ2) is 8.26. The van der Waals surface area contributed by atoms with Gasteiger partial charge in [0.25, 0.3) is 12.9 Å². The second-order valence-electron chi connectivity index (χ2n) is 2.00. The molecular formula is C9H10O4. The minimum atomic E-state index is -0.250. The van der Waals surface area contributed by atoms with E-state index in [9.17, 15) is 4.79 Å². The Kier molecular flexibility index (Phi) is 7.09. The average molecular weight is 182 g/mol. The largest absolute Gasteiger partial charge is 0.483 e. The molecule has 4 nitrogen and oxygen atoms in total. The molecule has 0 atom stereocenters. The smallest absolute Gasteiger partial charge is 0.293 e. The molecule has 0 bridgehead atoms. The molecule has 0 aliphatic rings. The van der Waals surface area contributed by atoms with Crippen LogP contribution in [-0.2, 0) is 20.9 Å². The molecule has 1 rings (SSSR count). The summed E-state index contributed by atoms with van der Waals surface area (Å²) in [6, 6.07) is 9.55. The van der Waals surface area contributed by atoms with E-state index in [-0.39, 0.29) is 6.47 Å². The number of benzene rings is 1. The highest BCUT2D eigenvalue weighted by atomic mass is 16.5. The molecule has 0 radical (unpaired) electrons. The van der Waals surface area contributed by atoms with Crippen LogP contribution in [-0.4, -0.2) is 18.1 Å². The lowest BCUT2D eigenvalue weighted by molar-refractivity contribution is -0.129. The van der Waals surface area contributed by atoms with Crippen molar-refractivity contribution in [3.63, 3.8) is 0 Å². The lowest BCUT2D eigenvalue weighted by Gasteiger charge is -1.95. The van der Waals surface area contributed by atoms with Gasteiger partial charge in [-0.2, -0.15) is 0 Å². The predicted octanol–water partition coefficient (Wildman–Crippen LogP) is 1.06. The third kappa shape index (κ3) is 6.55. The van der Waals surface area contributed by atoms with Crippen molar-refractivity contribution in [2.45, 2.75) is 6.61 Å². The Balaban J connectivity index is 0.000000424. The van der Waals surface area contributed by atoms with Gasteiger partial charge in [0, 0.05) is 0 Å². The SMILES string of the molecule is O=CO.O=COCc1ccccc1. The topological polar surface area (TPSA) is 63.6 Å². The number of hydrogen-bond acceptors (Lipinski definition) is 3. The minimum Gasteiger partial charge on any atom is -0.483 e. The molecule has 13 heavy (non-hydrogen) atoms. The maximum atomic E-state index is 9.76. The van der Waals surface area contributed by atoms with Gasteiger partial charge in [0.2, 0.25) is 0 Å². The molecular weight excluding hydrogens is 172 g/mol. The molecule has 0 aromatic heterocycles. The summed E-state index contributed by atoms with van der Waals surface area (Å²) in [6.45, 7) is 0.567. The first-order valence-corrected chi connectivity index (χ1v) is 3.52. The van der Waals surface area contributed by atoms with Crippen LogP contribution in [0.2, 0.25) is 0 Å². The number of carbonyl (C=O) groups is 2. The van der Waals surface area contributed by atoms with E-state index >= 15 is 0 Å². The minimum absolute atomic E-state index is 0.250. The van der Waals surface area contributed by atoms with Gasteiger partial charge < -0.3 is 9.84 Å². The van der Waals surface area contributed by atoms with Gasteiger partial charge in [-0.3, -0.25) is 9.59 Å². The van der Waals surface area contributed by atoms with Crippen LogP contribution in [0.3, 0.4) is 0 Å². The van der Waals surface area contributed by atoms with Gasteiger partial charge in [-0.25, -0.2) is 0 Å². The molecule has 0 aliphatic heterocycles. The fraction of sp³-hybridized carbons (Fsp3) is 0.111. The quantitative estimate of drug-likeness (QED) is 0.710. The Hall–Kier alpha value is -1.84. The molecule has 0 saturated carbocycles. The Morgan fingerprint density at radius 1 is 1.23 bits per heavy atom. The van der Waals surface area contributed by atoms with Crippen molar-refractivity contribution in [2.75, 3.05) is 0 Å². The molecule has 4 heteroatoms. The highest BCUT2D eigenvalue weighted by Gasteiger charge is 1.87. The first-order valence-electron chi connectivity index (χ1n) is 3.52. The van der Waals surface area contributed by atoms with E-state index in [4.69, 9.17) is 9.90 Å². The van der Waals surface area contributed by atoms with Crippen molar-refractivity contribution in [1.82, 2.24) is 0 Å². The van der Waals surface area contributed by atoms with E-state index < -0.39 is 0 Å². The number of carbonyl (C=O) groups excluding carboxylic acids is 1. The summed E-state index contributed by atoms with van der Waals surface area (Å²) in [6.07, 6.45) is 0. The van der Waals surface area contributed by atoms with E-state index in [1.807, 2.05) is 30.3 Å². The van der Waals surface area contributed by atoms with Crippen LogP contribution >= 0.6 is 0 Å². The van der Waals surface area contributed by atoms with E-state index in [0.29, 0.717) is 13.1 Å². The number of carboxylic acid groups (broad SMARTS) is 1. The van der Waals surface area contributed by atoms with Crippen LogP contribution in [0.4, 0.5) is 0 Å². The van der Waals surface area contributed by atoms with Crippen molar-refractivity contribution >= 4 is 12.9 Å². The zero-order valence-electron chi connectivity index (χ0n) is 6.92. The van der Waals surface area contributed by atoms with Crippen LogP contribution in [0, 0.1) is 0 Å². The van der Waals surface area contributed by atoms with Crippen LogP contribution in [0.5, 0.6) is 0 Å². The summed E-state index contributed by atoms with van der Waals surface area (Å²) in [5.74, 6) is 0. The molecule has 0 unspecified atom stereocenters. The molecule has 0 fully saturated rings. The molecule has 70 valence electrons. The van der Waals surface area contributed by atoms with Gasteiger partial charge in [0.05, 0.1) is 0 Å². The Morgan fingerprint density at radius 2 is 1.77 bits per heavy atom. The fourth-order valence-corrected chi connectivity index (χ4v) is 0.704. The Morgan fingerprint density at radius 3 is 2.23 bits per heavy atom. The first kappa shape index (κ1) is 11.2. The predicted molar refractivity (Wildman–Crippen MR) is 46.0 cm³/mol. The second-order valence-corrected chi connectivity index (χ2v) is 2.00. The lowest BCUT2D eigenvalue weighted by Crippen LogP contribution is -1.88. The van der Waals surface area contributed by atoms with Gasteiger partial charge >= 0.3 is 0 Å². The first-order chi connectivity index (χ1) is 6.35. The summed E-state index contributed by atoms with van der Waals surface area (Å²) in [5.41, 5.74) is 1.01. The average Bonchev–Trinajstić information content (AvgIpc) is 2.18. The van der Waals surface area contributed by atoms with Crippen LogP contribution in [0.1, 0.15) is 5.56 Å². The van der Waals surface area contributed by atoms with Crippen LogP contribution in [0.15, 0.2) is 30.3 Å². The van der Waals surface area contributed by atoms with Crippen molar-refractivity contribution in [2.24, 2.45) is 0 Å². The van der Waals surface area contributed by atoms with Crippen LogP contribution < -0.4 is 0 Å². The maximum Gasteiger partial charge on any atom is 0.293 e. The summed E-state index contributed by atoms with van der Waals surface area (Å²) < 4.78 is 4.54. The molecule has 1 aromatic carbocycles. The zero-order valence-corrected chi connectivity index (χ0v) is 6.92. The molecule has 0 saturated heterocycles. The van der Waals surface area contributed by atoms with Gasteiger partial charge in [-0.05, 0) is 5.56 Å². The normalized spacial score (nSPS) is 7.69. The van der Waals surface area contributed by atoms with Crippen molar-refractivity contribution in [3.05, 3.63) is 35.9 Å². The van der Waals surface area contributed by atoms with E-state index in [0.717, 1.165) is 5.56 Å². The van der Waals surface area contributed by atoms with E-state index in [1.54, 1.807) is 0 Å². The summed E-state index contributed by atoms with van der Waals surface area (Å²) in [5, 5.41) is 6.89. The summed E-state index contributed by atoms with van der Waals surface area (Å²) in [7, 11) is 0. The lowest BCUT2D eigenvalue weighted by atomic mass is 10.2. The molecule has 0 amide bonds. The molecule has 0 spiro atoms. The van der Waals surface area contributed by atoms with Crippen molar-refractivity contribution < 1.29 is 19.4 Å². The van der Waals surface area contributed by atoms with Crippen molar-refractivity contribution in [3.8, 4) is 0 Å². The van der Waals surface area contributed by atoms with Crippen molar-refractivity contribution in [1.29, 1.82) is 0 Å². The van der Waals surface area contributed by atoms with Crippen LogP contribution in [0.25, 0.3) is 0 Å². The van der Waals surface area contributed by atoms with Gasteiger partial charge in [0.15, 0.2) is 0 Å². The third-order valence-corrected chi connectivity index (χ3v) is 1.16. The number of hydrogen-bond donors (Lipinski definition) is 1. The van der Waals surface area contributed by atoms with Gasteiger partial charge in [-0.1, -0.05) is 30.3 Å². The van der Waals surface area contributed by atoms with E-state index in [1.165, 1.54) is 0 Å².